The van der Waals surface area contributed by atoms with Gasteiger partial charge in [0, 0.05) is 3.57 Å². The molecule has 1 aromatic carbocycles. The van der Waals surface area contributed by atoms with E-state index in [0.717, 1.165) is 0 Å². The standard InChI is InChI=1S/C7H3FINO/c8-5-2-1-3-6(9)7(5)10-4-11/h1-3H. The zero-order valence-corrected chi connectivity index (χ0v) is 7.50. The van der Waals surface area contributed by atoms with Gasteiger partial charge in [0.1, 0.15) is 5.69 Å². The molecule has 0 aliphatic carbocycles. The van der Waals surface area contributed by atoms with Gasteiger partial charge < -0.3 is 0 Å². The second-order valence-corrected chi connectivity index (χ2v) is 2.94. The Labute approximate surface area is 76.3 Å². The second kappa shape index (κ2) is 3.59. The Balaban J connectivity index is 3.31. The Morgan fingerprint density at radius 3 is 2.82 bits per heavy atom. The summed E-state index contributed by atoms with van der Waals surface area (Å²) in [7, 11) is 0. The predicted octanol–water partition coefficient (Wildman–Crippen LogP) is 2.40. The number of hydrogen-bond donors (Lipinski definition) is 0. The van der Waals surface area contributed by atoms with E-state index in [2.05, 4.69) is 4.99 Å². The molecular weight excluding hydrogens is 260 g/mol. The molecule has 56 valence electrons. The molecule has 0 aliphatic heterocycles. The molecule has 0 amide bonds. The first-order valence-electron chi connectivity index (χ1n) is 2.77. The fraction of sp³-hybridized carbons (Fsp3) is 0. The lowest BCUT2D eigenvalue weighted by atomic mass is 10.3. The third kappa shape index (κ3) is 1.85. The van der Waals surface area contributed by atoms with Crippen LogP contribution in [0.3, 0.4) is 0 Å². The quantitative estimate of drug-likeness (QED) is 0.434. The van der Waals surface area contributed by atoms with Crippen LogP contribution in [0.2, 0.25) is 0 Å². The minimum absolute atomic E-state index is 0.0584. The van der Waals surface area contributed by atoms with Crippen molar-refractivity contribution in [1.29, 1.82) is 0 Å². The molecular formula is C7H3FINO. The van der Waals surface area contributed by atoms with Crippen LogP contribution in [0.1, 0.15) is 0 Å². The van der Waals surface area contributed by atoms with Gasteiger partial charge in [-0.3, -0.25) is 0 Å². The molecule has 0 heterocycles. The van der Waals surface area contributed by atoms with Gasteiger partial charge in [-0.2, -0.15) is 4.99 Å². The molecule has 11 heavy (non-hydrogen) atoms. The maximum atomic E-state index is 12.8. The van der Waals surface area contributed by atoms with Crippen molar-refractivity contribution in [3.05, 3.63) is 27.6 Å². The van der Waals surface area contributed by atoms with Crippen molar-refractivity contribution < 1.29 is 9.18 Å². The summed E-state index contributed by atoms with van der Waals surface area (Å²) in [4.78, 5) is 13.0. The van der Waals surface area contributed by atoms with E-state index in [4.69, 9.17) is 0 Å². The van der Waals surface area contributed by atoms with Crippen molar-refractivity contribution in [1.82, 2.24) is 0 Å². The van der Waals surface area contributed by atoms with E-state index in [1.165, 1.54) is 12.1 Å². The average molecular weight is 263 g/mol. The Hall–Kier alpha value is -0.740. The van der Waals surface area contributed by atoms with E-state index in [0.29, 0.717) is 3.57 Å². The first kappa shape index (κ1) is 8.36. The maximum Gasteiger partial charge on any atom is 0.240 e. The highest BCUT2D eigenvalue weighted by molar-refractivity contribution is 14.1. The lowest BCUT2D eigenvalue weighted by molar-refractivity contribution is 0.564. The van der Waals surface area contributed by atoms with Gasteiger partial charge >= 0.3 is 0 Å². The van der Waals surface area contributed by atoms with Crippen LogP contribution in [0.5, 0.6) is 0 Å². The third-order valence-electron chi connectivity index (χ3n) is 1.09. The summed E-state index contributed by atoms with van der Waals surface area (Å²) in [5.41, 5.74) is 0.0584. The summed E-state index contributed by atoms with van der Waals surface area (Å²) in [6.45, 7) is 0. The highest BCUT2D eigenvalue weighted by Crippen LogP contribution is 2.23. The topological polar surface area (TPSA) is 29.4 Å². The second-order valence-electron chi connectivity index (χ2n) is 1.77. The molecule has 0 saturated carbocycles. The van der Waals surface area contributed by atoms with Gasteiger partial charge in [-0.1, -0.05) is 6.07 Å². The van der Waals surface area contributed by atoms with E-state index < -0.39 is 5.82 Å². The van der Waals surface area contributed by atoms with Crippen molar-refractivity contribution in [3.63, 3.8) is 0 Å². The summed E-state index contributed by atoms with van der Waals surface area (Å²) in [5.74, 6) is -0.500. The largest absolute Gasteiger partial charge is 0.240 e. The zero-order chi connectivity index (χ0) is 8.27. The van der Waals surface area contributed by atoms with Crippen LogP contribution in [0, 0.1) is 9.39 Å². The summed E-state index contributed by atoms with van der Waals surface area (Å²) in [6, 6.07) is 4.47. The van der Waals surface area contributed by atoms with Crippen molar-refractivity contribution in [2.75, 3.05) is 0 Å². The number of para-hydroxylation sites is 1. The van der Waals surface area contributed by atoms with Gasteiger partial charge in [0.15, 0.2) is 5.82 Å². The van der Waals surface area contributed by atoms with Crippen LogP contribution in [-0.4, -0.2) is 6.08 Å². The van der Waals surface area contributed by atoms with Gasteiger partial charge in [0.25, 0.3) is 0 Å². The lowest BCUT2D eigenvalue weighted by Gasteiger charge is -1.95. The molecule has 0 aliphatic rings. The Morgan fingerprint density at radius 2 is 2.27 bits per heavy atom. The molecule has 1 rings (SSSR count). The molecule has 0 unspecified atom stereocenters. The third-order valence-corrected chi connectivity index (χ3v) is 1.97. The van der Waals surface area contributed by atoms with Crippen molar-refractivity contribution in [3.8, 4) is 0 Å². The molecule has 0 spiro atoms. The average Bonchev–Trinajstić information content (AvgIpc) is 1.97. The predicted molar refractivity (Wildman–Crippen MR) is 46.9 cm³/mol. The van der Waals surface area contributed by atoms with E-state index in [1.807, 2.05) is 22.6 Å². The van der Waals surface area contributed by atoms with Crippen LogP contribution in [0.4, 0.5) is 10.1 Å². The number of hydrogen-bond acceptors (Lipinski definition) is 2. The highest BCUT2D eigenvalue weighted by Gasteiger charge is 2.02. The minimum Gasteiger partial charge on any atom is -0.211 e. The van der Waals surface area contributed by atoms with Crippen LogP contribution < -0.4 is 0 Å². The van der Waals surface area contributed by atoms with Gasteiger partial charge in [0.05, 0.1) is 0 Å². The smallest absolute Gasteiger partial charge is 0.211 e. The number of isocyanates is 1. The van der Waals surface area contributed by atoms with E-state index in [-0.39, 0.29) is 5.69 Å². The Kier molecular flexibility index (Phi) is 2.73. The van der Waals surface area contributed by atoms with Crippen molar-refractivity contribution >= 4 is 34.4 Å². The minimum atomic E-state index is -0.500. The first-order valence-corrected chi connectivity index (χ1v) is 3.85. The fourth-order valence-corrected chi connectivity index (χ4v) is 1.23. The van der Waals surface area contributed by atoms with Gasteiger partial charge in [-0.15, -0.1) is 0 Å². The maximum absolute atomic E-state index is 12.8. The molecule has 4 heteroatoms. The molecule has 0 saturated heterocycles. The molecule has 0 aromatic heterocycles. The Morgan fingerprint density at radius 1 is 1.55 bits per heavy atom. The number of carbonyl (C=O) groups excluding carboxylic acids is 1. The van der Waals surface area contributed by atoms with E-state index >= 15 is 0 Å². The van der Waals surface area contributed by atoms with E-state index in [1.54, 1.807) is 12.1 Å². The summed E-state index contributed by atoms with van der Waals surface area (Å²) >= 11 is 1.90. The van der Waals surface area contributed by atoms with Crippen LogP contribution in [0.15, 0.2) is 23.2 Å². The number of benzene rings is 1. The fourth-order valence-electron chi connectivity index (χ4n) is 0.641. The molecule has 0 bridgehead atoms. The molecule has 2 nitrogen and oxygen atoms in total. The van der Waals surface area contributed by atoms with Gasteiger partial charge in [0.2, 0.25) is 6.08 Å². The molecule has 0 N–H and O–H groups in total. The first-order chi connectivity index (χ1) is 5.25. The number of rotatable bonds is 1. The molecule has 0 atom stereocenters. The SMILES string of the molecule is O=C=Nc1c(F)cccc1I. The van der Waals surface area contributed by atoms with Gasteiger partial charge in [-0.05, 0) is 34.7 Å². The molecule has 0 radical (unpaired) electrons. The number of halogens is 2. The highest BCUT2D eigenvalue weighted by atomic mass is 127. The monoisotopic (exact) mass is 263 g/mol. The number of aliphatic imine (C=N–C) groups is 1. The normalized spacial score (nSPS) is 8.91. The van der Waals surface area contributed by atoms with Crippen molar-refractivity contribution in [2.45, 2.75) is 0 Å². The summed E-state index contributed by atoms with van der Waals surface area (Å²) in [5, 5.41) is 0. The van der Waals surface area contributed by atoms with Crippen LogP contribution >= 0.6 is 22.6 Å². The number of nitrogens with zero attached hydrogens (tertiary/aromatic N) is 1. The van der Waals surface area contributed by atoms with Crippen molar-refractivity contribution in [2.24, 2.45) is 4.99 Å². The lowest BCUT2D eigenvalue weighted by Crippen LogP contribution is -1.78. The van der Waals surface area contributed by atoms with E-state index in [9.17, 15) is 9.18 Å². The Bertz CT molecular complexity index is 300. The summed E-state index contributed by atoms with van der Waals surface area (Å²) < 4.78 is 13.4. The molecule has 1 aromatic rings. The van der Waals surface area contributed by atoms with Crippen LogP contribution in [0.25, 0.3) is 0 Å². The van der Waals surface area contributed by atoms with Gasteiger partial charge in [-0.25, -0.2) is 9.18 Å². The summed E-state index contributed by atoms with van der Waals surface area (Å²) in [6.07, 6.45) is 1.30. The zero-order valence-electron chi connectivity index (χ0n) is 5.34. The molecule has 0 fully saturated rings. The van der Waals surface area contributed by atoms with Crippen LogP contribution in [-0.2, 0) is 4.79 Å².